The summed E-state index contributed by atoms with van der Waals surface area (Å²) in [6.07, 6.45) is 0. The van der Waals surface area contributed by atoms with Gasteiger partial charge in [-0.25, -0.2) is 4.39 Å². The van der Waals surface area contributed by atoms with E-state index in [1.807, 2.05) is 6.07 Å². The van der Waals surface area contributed by atoms with E-state index in [1.165, 1.54) is 16.7 Å². The molecule has 0 fully saturated rings. The number of rotatable bonds is 2. The van der Waals surface area contributed by atoms with Gasteiger partial charge < -0.3 is 4.57 Å². The summed E-state index contributed by atoms with van der Waals surface area (Å²) in [7, 11) is 0. The van der Waals surface area contributed by atoms with Crippen molar-refractivity contribution in [1.29, 1.82) is 5.26 Å². The molecule has 0 spiro atoms. The third-order valence-electron chi connectivity index (χ3n) is 2.80. The molecule has 3 nitrogen and oxygen atoms in total. The Hall–Kier alpha value is -2.41. The van der Waals surface area contributed by atoms with Crippen molar-refractivity contribution < 1.29 is 4.39 Å². The number of aromatic nitrogens is 1. The number of hydrogen-bond donors (Lipinski definition) is 0. The van der Waals surface area contributed by atoms with Crippen LogP contribution in [-0.2, 0) is 6.54 Å². The van der Waals surface area contributed by atoms with Gasteiger partial charge in [0.05, 0.1) is 6.54 Å². The van der Waals surface area contributed by atoms with Crippen molar-refractivity contribution in [1.82, 2.24) is 4.57 Å². The van der Waals surface area contributed by atoms with E-state index in [0.717, 1.165) is 0 Å². The molecule has 1 aromatic carbocycles. The Morgan fingerprint density at radius 3 is 2.67 bits per heavy atom. The van der Waals surface area contributed by atoms with E-state index in [2.05, 4.69) is 0 Å². The second-order valence-corrected chi connectivity index (χ2v) is 3.98. The highest BCUT2D eigenvalue weighted by molar-refractivity contribution is 5.28. The molecule has 18 heavy (non-hydrogen) atoms. The Balaban J connectivity index is 2.51. The first kappa shape index (κ1) is 12.1. The molecule has 2 rings (SSSR count). The fourth-order valence-electron chi connectivity index (χ4n) is 1.75. The van der Waals surface area contributed by atoms with Gasteiger partial charge in [-0.15, -0.1) is 0 Å². The van der Waals surface area contributed by atoms with Gasteiger partial charge >= 0.3 is 0 Å². The van der Waals surface area contributed by atoms with Crippen molar-refractivity contribution in [3.8, 4) is 6.07 Å². The van der Waals surface area contributed by atoms with Crippen molar-refractivity contribution in [2.75, 3.05) is 0 Å². The summed E-state index contributed by atoms with van der Waals surface area (Å²) >= 11 is 0. The number of pyridine rings is 1. The summed E-state index contributed by atoms with van der Waals surface area (Å²) in [5.74, 6) is -0.355. The quantitative estimate of drug-likeness (QED) is 0.810. The minimum atomic E-state index is -0.388. The molecule has 0 saturated carbocycles. The standard InChI is InChI=1S/C14H11FN2O/c1-10-6-7-11(8-16)14(18)17(10)9-12-4-2-3-5-13(12)15/h2-7H,9H2,1H3. The van der Waals surface area contributed by atoms with Crippen LogP contribution >= 0.6 is 0 Å². The molecular weight excluding hydrogens is 231 g/mol. The summed E-state index contributed by atoms with van der Waals surface area (Å²) in [5.41, 5.74) is 0.803. The van der Waals surface area contributed by atoms with E-state index in [9.17, 15) is 9.18 Å². The summed E-state index contributed by atoms with van der Waals surface area (Å²) in [4.78, 5) is 12.0. The van der Waals surface area contributed by atoms with Gasteiger partial charge in [-0.3, -0.25) is 4.79 Å². The van der Waals surface area contributed by atoms with Crippen molar-refractivity contribution in [3.05, 3.63) is 69.4 Å². The van der Waals surface area contributed by atoms with Crippen LogP contribution in [0.15, 0.2) is 41.2 Å². The molecule has 0 atom stereocenters. The van der Waals surface area contributed by atoms with Crippen LogP contribution in [-0.4, -0.2) is 4.57 Å². The molecule has 0 aliphatic carbocycles. The number of nitrogens with zero attached hydrogens (tertiary/aromatic N) is 2. The van der Waals surface area contributed by atoms with Gasteiger partial charge in [0.25, 0.3) is 5.56 Å². The van der Waals surface area contributed by atoms with E-state index in [1.54, 1.807) is 31.2 Å². The zero-order valence-electron chi connectivity index (χ0n) is 9.85. The van der Waals surface area contributed by atoms with Gasteiger partial charge in [0, 0.05) is 11.3 Å². The maximum absolute atomic E-state index is 13.5. The zero-order valence-corrected chi connectivity index (χ0v) is 9.85. The van der Waals surface area contributed by atoms with E-state index in [-0.39, 0.29) is 23.5 Å². The molecule has 0 radical (unpaired) electrons. The Bertz CT molecular complexity index is 683. The molecule has 90 valence electrons. The highest BCUT2D eigenvalue weighted by atomic mass is 19.1. The van der Waals surface area contributed by atoms with Gasteiger partial charge in [-0.05, 0) is 25.1 Å². The van der Waals surface area contributed by atoms with Crippen molar-refractivity contribution in [2.24, 2.45) is 0 Å². The summed E-state index contributed by atoms with van der Waals surface area (Å²) in [6.45, 7) is 1.89. The SMILES string of the molecule is Cc1ccc(C#N)c(=O)n1Cc1ccccc1F. The molecular formula is C14H11FN2O. The lowest BCUT2D eigenvalue weighted by Gasteiger charge is -2.10. The first-order chi connectivity index (χ1) is 8.63. The van der Waals surface area contributed by atoms with Crippen LogP contribution in [0.1, 0.15) is 16.8 Å². The Morgan fingerprint density at radius 2 is 2.00 bits per heavy atom. The first-order valence-corrected chi connectivity index (χ1v) is 5.47. The molecule has 0 bridgehead atoms. The second kappa shape index (κ2) is 4.84. The van der Waals surface area contributed by atoms with Gasteiger partial charge in [0.2, 0.25) is 0 Å². The number of aryl methyl sites for hydroxylation is 1. The van der Waals surface area contributed by atoms with Gasteiger partial charge in [-0.2, -0.15) is 5.26 Å². The van der Waals surface area contributed by atoms with Gasteiger partial charge in [0.15, 0.2) is 0 Å². The maximum atomic E-state index is 13.5. The van der Waals surface area contributed by atoms with Crippen LogP contribution in [0.4, 0.5) is 4.39 Å². The molecule has 1 heterocycles. The number of nitriles is 1. The van der Waals surface area contributed by atoms with Crippen LogP contribution < -0.4 is 5.56 Å². The average Bonchev–Trinajstić information content (AvgIpc) is 2.37. The highest BCUT2D eigenvalue weighted by Gasteiger charge is 2.08. The lowest BCUT2D eigenvalue weighted by atomic mass is 10.2. The van der Waals surface area contributed by atoms with Crippen molar-refractivity contribution in [3.63, 3.8) is 0 Å². The average molecular weight is 242 g/mol. The molecule has 1 aromatic heterocycles. The Kier molecular flexibility index (Phi) is 3.24. The molecule has 0 aliphatic rings. The van der Waals surface area contributed by atoms with Crippen LogP contribution in [0.3, 0.4) is 0 Å². The summed E-state index contributed by atoms with van der Waals surface area (Å²) < 4.78 is 14.9. The van der Waals surface area contributed by atoms with E-state index < -0.39 is 0 Å². The van der Waals surface area contributed by atoms with Crippen molar-refractivity contribution in [2.45, 2.75) is 13.5 Å². The Labute approximate surface area is 104 Å². The second-order valence-electron chi connectivity index (χ2n) is 3.98. The fourth-order valence-corrected chi connectivity index (χ4v) is 1.75. The van der Waals surface area contributed by atoms with Gasteiger partial charge in [-0.1, -0.05) is 18.2 Å². The topological polar surface area (TPSA) is 45.8 Å². The smallest absolute Gasteiger partial charge is 0.268 e. The number of hydrogen-bond acceptors (Lipinski definition) is 2. The van der Waals surface area contributed by atoms with Crippen LogP contribution in [0.25, 0.3) is 0 Å². The van der Waals surface area contributed by atoms with Crippen LogP contribution in [0, 0.1) is 24.1 Å². The van der Waals surface area contributed by atoms with Gasteiger partial charge in [0.1, 0.15) is 17.4 Å². The minimum absolute atomic E-state index is 0.0666. The number of benzene rings is 1. The van der Waals surface area contributed by atoms with E-state index in [4.69, 9.17) is 5.26 Å². The monoisotopic (exact) mass is 242 g/mol. The molecule has 4 heteroatoms. The van der Waals surface area contributed by atoms with E-state index >= 15 is 0 Å². The maximum Gasteiger partial charge on any atom is 0.268 e. The predicted octanol–water partition coefficient (Wildman–Crippen LogP) is 2.22. The van der Waals surface area contributed by atoms with Crippen molar-refractivity contribution >= 4 is 0 Å². The Morgan fingerprint density at radius 1 is 1.28 bits per heavy atom. The highest BCUT2D eigenvalue weighted by Crippen LogP contribution is 2.09. The lowest BCUT2D eigenvalue weighted by Crippen LogP contribution is -2.25. The summed E-state index contributed by atoms with van der Waals surface area (Å²) in [6, 6.07) is 11.3. The molecule has 2 aromatic rings. The molecule has 0 unspecified atom stereocenters. The number of halogens is 1. The molecule has 0 N–H and O–H groups in total. The van der Waals surface area contributed by atoms with Crippen LogP contribution in [0.2, 0.25) is 0 Å². The van der Waals surface area contributed by atoms with Crippen LogP contribution in [0.5, 0.6) is 0 Å². The third-order valence-corrected chi connectivity index (χ3v) is 2.80. The largest absolute Gasteiger partial charge is 0.307 e. The zero-order chi connectivity index (χ0) is 13.1. The minimum Gasteiger partial charge on any atom is -0.307 e. The predicted molar refractivity (Wildman–Crippen MR) is 65.7 cm³/mol. The summed E-state index contributed by atoms with van der Waals surface area (Å²) in [5, 5.41) is 8.82. The first-order valence-electron chi connectivity index (χ1n) is 5.47. The third kappa shape index (κ3) is 2.16. The van der Waals surface area contributed by atoms with E-state index in [0.29, 0.717) is 11.3 Å². The lowest BCUT2D eigenvalue weighted by molar-refractivity contribution is 0.593. The molecule has 0 saturated heterocycles. The molecule has 0 amide bonds. The normalized spacial score (nSPS) is 10.1. The fraction of sp³-hybridized carbons (Fsp3) is 0.143. The molecule has 0 aliphatic heterocycles.